The van der Waals surface area contributed by atoms with Gasteiger partial charge >= 0.3 is 0 Å². The number of nitrogens with one attached hydrogen (secondary N) is 4. The molecule has 8 aliphatic carbocycles. The van der Waals surface area contributed by atoms with Crippen LogP contribution in [-0.2, 0) is 50.3 Å². The van der Waals surface area contributed by atoms with E-state index in [2.05, 4.69) is 142 Å². The highest BCUT2D eigenvalue weighted by Crippen LogP contribution is 2.65. The van der Waals surface area contributed by atoms with E-state index in [1.165, 1.54) is 90.2 Å². The lowest BCUT2D eigenvalue weighted by molar-refractivity contribution is 0.0848. The third-order valence-electron chi connectivity index (χ3n) is 24.9. The largest absolute Gasteiger partial charge is 0.342 e. The van der Waals surface area contributed by atoms with Crippen molar-refractivity contribution in [2.45, 2.75) is 215 Å². The normalized spacial score (nSPS) is 26.2. The van der Waals surface area contributed by atoms with Crippen LogP contribution in [0.3, 0.4) is 0 Å². The molecule has 8 aliphatic rings. The smallest absolute Gasteiger partial charge is 0.282 e. The van der Waals surface area contributed by atoms with Gasteiger partial charge in [0.05, 0.1) is 56.8 Å². The first-order chi connectivity index (χ1) is 50.1. The van der Waals surface area contributed by atoms with Gasteiger partial charge in [-0.25, -0.2) is 17.6 Å². The van der Waals surface area contributed by atoms with Crippen LogP contribution in [0.1, 0.15) is 290 Å². The van der Waals surface area contributed by atoms with Crippen molar-refractivity contribution in [2.24, 2.45) is 51.9 Å². The zero-order valence-electron chi connectivity index (χ0n) is 60.9. The average Bonchev–Trinajstić information content (AvgIpc) is 1.57. The van der Waals surface area contributed by atoms with Crippen LogP contribution in [0.25, 0.3) is 0 Å². The molecule has 8 bridgehead atoms. The second-order valence-electron chi connectivity index (χ2n) is 30.4. The zero-order valence-corrected chi connectivity index (χ0v) is 62.5. The van der Waals surface area contributed by atoms with Crippen LogP contribution in [0.5, 0.6) is 0 Å². The van der Waals surface area contributed by atoms with Crippen LogP contribution in [-0.4, -0.2) is 62.8 Å². The van der Waals surface area contributed by atoms with Crippen molar-refractivity contribution in [3.63, 3.8) is 0 Å². The molecule has 4 amide bonds. The topological polar surface area (TPSA) is 188 Å². The van der Waals surface area contributed by atoms with Crippen LogP contribution >= 0.6 is 23.2 Å². The monoisotopic (exact) mass is 1460 g/mol. The van der Waals surface area contributed by atoms with Gasteiger partial charge in [-0.1, -0.05) is 199 Å². The number of fused-ring (bicyclic) bond motifs is 20. The lowest BCUT2D eigenvalue weighted by Gasteiger charge is -2.34. The summed E-state index contributed by atoms with van der Waals surface area (Å²) in [5.41, 5.74) is 8.96. The molecule has 4 fully saturated rings. The van der Waals surface area contributed by atoms with E-state index >= 15 is 0 Å². The molecular weight excluding hydrogens is 1360 g/mol. The number of aryl methyl sites for hydroxylation is 4. The van der Waals surface area contributed by atoms with Gasteiger partial charge in [-0.2, -0.15) is 20.4 Å². The van der Waals surface area contributed by atoms with E-state index in [-0.39, 0.29) is 34.0 Å². The number of amides is 4. The van der Waals surface area contributed by atoms with Gasteiger partial charge in [0.25, 0.3) is 36.5 Å². The zero-order chi connectivity index (χ0) is 73.6. The van der Waals surface area contributed by atoms with Gasteiger partial charge in [0, 0.05) is 40.6 Å². The molecule has 104 heavy (non-hydrogen) atoms. The van der Waals surface area contributed by atoms with E-state index in [1.807, 2.05) is 24.3 Å². The van der Waals surface area contributed by atoms with Gasteiger partial charge in [0.1, 0.15) is 21.7 Å². The van der Waals surface area contributed by atoms with Crippen molar-refractivity contribution < 1.29 is 36.7 Å². The second kappa shape index (κ2) is 30.4. The summed E-state index contributed by atoms with van der Waals surface area (Å²) < 4.78 is 58.9. The summed E-state index contributed by atoms with van der Waals surface area (Å²) in [4.78, 5) is 52.1. The van der Waals surface area contributed by atoms with Crippen molar-refractivity contribution in [2.75, 3.05) is 0 Å². The van der Waals surface area contributed by atoms with E-state index in [9.17, 15) is 36.7 Å². The number of benzene rings is 4. The number of rotatable bonds is 22. The van der Waals surface area contributed by atoms with Gasteiger partial charge in [-0.3, -0.25) is 37.9 Å². The van der Waals surface area contributed by atoms with Gasteiger partial charge in [-0.15, -0.1) is 0 Å². The summed E-state index contributed by atoms with van der Waals surface area (Å²) in [6.45, 7) is 8.79. The van der Waals surface area contributed by atoms with Gasteiger partial charge in [-0.05, 0) is 169 Å². The maximum absolute atomic E-state index is 13.3. The Morgan fingerprint density at radius 3 is 0.904 bits per heavy atom. The highest BCUT2D eigenvalue weighted by molar-refractivity contribution is 6.33. The number of alkyl halides is 4. The molecule has 4 aromatic heterocycles. The van der Waals surface area contributed by atoms with Crippen molar-refractivity contribution in [1.29, 1.82) is 0 Å². The quantitative estimate of drug-likeness (QED) is 0.0483. The third-order valence-corrected chi connectivity index (χ3v) is 25.8. The molecule has 16 rings (SSSR count). The summed E-state index contributed by atoms with van der Waals surface area (Å²) in [7, 11) is 6.61. The first-order valence-corrected chi connectivity index (χ1v) is 38.5. The minimum absolute atomic E-state index is 0.0241. The predicted molar refractivity (Wildman–Crippen MR) is 395 cm³/mol. The molecule has 22 heteroatoms. The standard InChI is InChI=1S/2C21H25F2N3O.2C20H24ClN3O/c2*1-3-4-8-16-14-10-11-21(16,17-9-6-5-7-13(14)17)24-20(27)15-12-26(2)25-18(15)19(22)23;2*1-3-4-8-16-14-10-11-20(16,17-9-6-5-7-13(14)17)23-19(25)15-12-22-24(2)18(15)21/h2*5-7,9,12,14,16,19H,3-4,8,10-11H2,1-2H3,(H,24,27);2*5-7,9,12,14,16H,3-4,8,10-11H2,1-2H3,(H,23,25). The van der Waals surface area contributed by atoms with Crippen LogP contribution in [0.2, 0.25) is 10.3 Å². The Bertz CT molecular complexity index is 4190. The van der Waals surface area contributed by atoms with E-state index in [1.54, 1.807) is 40.6 Å². The highest BCUT2D eigenvalue weighted by atomic mass is 35.5. The second-order valence-corrected chi connectivity index (χ2v) is 31.1. The number of carbonyl (C=O) groups excluding carboxylic acids is 4. The highest BCUT2D eigenvalue weighted by Gasteiger charge is 2.61. The molecule has 4 saturated carbocycles. The Hall–Kier alpha value is -8.10. The number of nitrogens with zero attached hydrogens (tertiary/aromatic N) is 8. The SMILES string of the molecule is CCCCC1C2CCC1(NC(=O)c1cn(C)nc1C(F)F)c1ccccc12.CCCCC1C2CCC1(NC(=O)c1cn(C)nc1C(F)F)c1ccccc12.CCCCC1C2CCC1(NC(=O)c1cnn(C)c1Cl)c1ccccc12.CCCCC1C2CCC1(NC(=O)c1cnn(C)c1Cl)c1ccccc12. The molecule has 0 spiro atoms. The molecule has 12 unspecified atom stereocenters. The molecule has 12 atom stereocenters. The number of aromatic nitrogens is 8. The number of carbonyl (C=O) groups is 4. The fraction of sp³-hybridized carbons (Fsp3) is 0.512. The molecule has 0 saturated heterocycles. The Kier molecular flexibility index (Phi) is 21.7. The summed E-state index contributed by atoms with van der Waals surface area (Å²) >= 11 is 12.5. The fourth-order valence-electron chi connectivity index (χ4n) is 20.5. The third kappa shape index (κ3) is 13.0. The van der Waals surface area contributed by atoms with Gasteiger partial charge in [0.15, 0.2) is 0 Å². The minimum Gasteiger partial charge on any atom is -0.342 e. The molecule has 16 nitrogen and oxygen atoms in total. The number of halogens is 6. The summed E-state index contributed by atoms with van der Waals surface area (Å²) in [6.07, 6.45) is 21.9. The molecule has 8 aromatic rings. The Morgan fingerprint density at radius 1 is 0.423 bits per heavy atom. The maximum Gasteiger partial charge on any atom is 0.282 e. The fourth-order valence-corrected chi connectivity index (χ4v) is 20.8. The van der Waals surface area contributed by atoms with Crippen molar-refractivity contribution in [1.82, 2.24) is 60.4 Å². The van der Waals surface area contributed by atoms with E-state index in [0.29, 0.717) is 68.8 Å². The predicted octanol–water partition coefficient (Wildman–Crippen LogP) is 18.2. The van der Waals surface area contributed by atoms with Crippen molar-refractivity contribution in [3.8, 4) is 0 Å². The van der Waals surface area contributed by atoms with E-state index in [4.69, 9.17) is 23.2 Å². The van der Waals surface area contributed by atoms with Gasteiger partial charge < -0.3 is 21.3 Å². The minimum atomic E-state index is -2.77. The van der Waals surface area contributed by atoms with Crippen LogP contribution in [0, 0.1) is 23.7 Å². The van der Waals surface area contributed by atoms with E-state index < -0.39 is 47.1 Å². The first-order valence-electron chi connectivity index (χ1n) is 37.8. The lowest BCUT2D eigenvalue weighted by atomic mass is 9.81. The number of unbranched alkanes of at least 4 members (excludes halogenated alkanes) is 4. The maximum atomic E-state index is 13.3. The first kappa shape index (κ1) is 74.2. The van der Waals surface area contributed by atoms with Crippen molar-refractivity contribution >= 4 is 46.8 Å². The molecule has 4 heterocycles. The molecular formula is C82H98Cl2F4N12O4. The average molecular weight is 1460 g/mol. The molecule has 552 valence electrons. The number of hydrogen-bond donors (Lipinski definition) is 4. The molecule has 4 N–H and O–H groups in total. The van der Waals surface area contributed by atoms with Crippen LogP contribution in [0.15, 0.2) is 122 Å². The molecule has 0 radical (unpaired) electrons. The summed E-state index contributed by atoms with van der Waals surface area (Å²) in [5.74, 6) is 2.49. The lowest BCUT2D eigenvalue weighted by Crippen LogP contribution is -2.47. The number of hydrogen-bond acceptors (Lipinski definition) is 8. The van der Waals surface area contributed by atoms with E-state index in [0.717, 1.165) is 114 Å². The van der Waals surface area contributed by atoms with Crippen molar-refractivity contribution in [3.05, 3.63) is 210 Å². The Balaban J connectivity index is 0.000000123. The molecule has 4 aromatic carbocycles. The Morgan fingerprint density at radius 2 is 0.673 bits per heavy atom. The summed E-state index contributed by atoms with van der Waals surface area (Å²) in [5, 5.41) is 29.7. The van der Waals surface area contributed by atoms with Crippen LogP contribution < -0.4 is 21.3 Å². The van der Waals surface area contributed by atoms with Gasteiger partial charge in [0.2, 0.25) is 0 Å². The molecule has 0 aliphatic heterocycles. The Labute approximate surface area is 617 Å². The van der Waals surface area contributed by atoms with Crippen LogP contribution in [0.4, 0.5) is 17.6 Å². The summed E-state index contributed by atoms with van der Waals surface area (Å²) in [6, 6.07) is 33.8.